The smallest absolute Gasteiger partial charge is 0.326 e. The van der Waals surface area contributed by atoms with Gasteiger partial charge in [0.1, 0.15) is 0 Å². The molecular weight excluding hydrogens is 391 g/mol. The molecule has 5 radical (unpaired) electrons. The molecule has 0 fully saturated rings. The largest absolute Gasteiger partial charge is 0.333 e. The summed E-state index contributed by atoms with van der Waals surface area (Å²) in [6.07, 6.45) is 0. The van der Waals surface area contributed by atoms with Gasteiger partial charge in [0.05, 0.1) is 13.1 Å². The number of nitrogens with zero attached hydrogens (tertiary/aromatic N) is 2. The number of carbonyl (C=O) groups is 4. The van der Waals surface area contributed by atoms with Crippen LogP contribution in [0.3, 0.4) is 0 Å². The van der Waals surface area contributed by atoms with Crippen LogP contribution in [0, 0.1) is 0 Å². The van der Waals surface area contributed by atoms with Crippen LogP contribution in [-0.2, 0) is 38.5 Å². The predicted octanol–water partition coefficient (Wildman–Crippen LogP) is -2.40. The molecular formula is C10H16N2Na5O8. The summed E-state index contributed by atoms with van der Waals surface area (Å²) < 4.78 is 0. The summed E-state index contributed by atoms with van der Waals surface area (Å²) in [6.45, 7) is 3.97. The third-order valence-electron chi connectivity index (χ3n) is 1.39. The second-order valence-electron chi connectivity index (χ2n) is 3.44. The van der Waals surface area contributed by atoms with Gasteiger partial charge in [0.2, 0.25) is 0 Å². The second kappa shape index (κ2) is 24.8. The first-order chi connectivity index (χ1) is 9.20. The molecule has 0 aliphatic rings. The van der Waals surface area contributed by atoms with Crippen molar-refractivity contribution in [3.63, 3.8) is 0 Å². The Morgan fingerprint density at radius 3 is 0.800 bits per heavy atom. The zero-order chi connectivity index (χ0) is 15.7. The molecule has 0 amide bonds. The molecule has 0 saturated carbocycles. The van der Waals surface area contributed by atoms with Crippen molar-refractivity contribution in [1.29, 1.82) is 0 Å². The third-order valence-corrected chi connectivity index (χ3v) is 1.39. The quantitative estimate of drug-likeness (QED) is 0.335. The van der Waals surface area contributed by atoms with E-state index < -0.39 is 23.9 Å². The van der Waals surface area contributed by atoms with Crippen LogP contribution < -0.4 is 0 Å². The van der Waals surface area contributed by atoms with Crippen LogP contribution >= 0.6 is 0 Å². The van der Waals surface area contributed by atoms with E-state index in [1.54, 1.807) is 0 Å². The van der Waals surface area contributed by atoms with E-state index in [9.17, 15) is 19.2 Å². The van der Waals surface area contributed by atoms with Crippen LogP contribution in [-0.4, -0.2) is 195 Å². The Labute approximate surface area is 257 Å². The average molecular weight is 407 g/mol. The van der Waals surface area contributed by atoms with Crippen molar-refractivity contribution in [3.8, 4) is 0 Å². The molecule has 0 N–H and O–H groups in total. The van der Waals surface area contributed by atoms with Crippen molar-refractivity contribution in [1.82, 2.24) is 10.5 Å². The SMILES string of the molecule is CC(=O)ON(CCN(OC(C)=O)OC(C)=O)OC(C)=O.[Na].[Na].[Na].[Na].[Na]. The van der Waals surface area contributed by atoms with Crippen LogP contribution in [0.25, 0.3) is 0 Å². The van der Waals surface area contributed by atoms with Crippen LogP contribution in [0.1, 0.15) is 27.7 Å². The molecule has 0 spiro atoms. The van der Waals surface area contributed by atoms with Gasteiger partial charge >= 0.3 is 23.9 Å². The zero-order valence-electron chi connectivity index (χ0n) is 16.6. The van der Waals surface area contributed by atoms with Crippen LogP contribution in [0.4, 0.5) is 0 Å². The van der Waals surface area contributed by atoms with E-state index in [1.165, 1.54) is 0 Å². The van der Waals surface area contributed by atoms with Crippen molar-refractivity contribution in [2.45, 2.75) is 27.7 Å². The molecule has 0 rings (SSSR count). The first-order valence-corrected chi connectivity index (χ1v) is 5.50. The Kier molecular flexibility index (Phi) is 41.7. The second-order valence-corrected chi connectivity index (χ2v) is 3.44. The van der Waals surface area contributed by atoms with Gasteiger partial charge in [-0.1, -0.05) is 0 Å². The van der Waals surface area contributed by atoms with E-state index in [1.807, 2.05) is 0 Å². The summed E-state index contributed by atoms with van der Waals surface area (Å²) >= 11 is 0. The number of rotatable bonds is 7. The summed E-state index contributed by atoms with van der Waals surface area (Å²) in [6, 6.07) is 0. The molecule has 0 aliphatic heterocycles. The normalized spacial score (nSPS) is 8.08. The molecule has 0 aromatic rings. The maximum atomic E-state index is 10.8. The molecule has 0 unspecified atom stereocenters. The van der Waals surface area contributed by atoms with Gasteiger partial charge in [-0.3, -0.25) is 19.2 Å². The fraction of sp³-hybridized carbons (Fsp3) is 0.600. The Morgan fingerprint density at radius 1 is 0.520 bits per heavy atom. The summed E-state index contributed by atoms with van der Waals surface area (Å²) in [4.78, 5) is 61.4. The molecule has 0 heterocycles. The third kappa shape index (κ3) is 29.1. The number of hydrogen-bond acceptors (Lipinski definition) is 10. The first-order valence-electron chi connectivity index (χ1n) is 5.50. The minimum atomic E-state index is -0.724. The Hall–Kier alpha value is 2.80. The molecule has 25 heavy (non-hydrogen) atoms. The first kappa shape index (κ1) is 42.0. The number of carbonyl (C=O) groups excluding carboxylic acids is 4. The Bertz CT molecular complexity index is 334. The van der Waals surface area contributed by atoms with Gasteiger partial charge < -0.3 is 19.4 Å². The fourth-order valence-electron chi connectivity index (χ4n) is 0.957. The van der Waals surface area contributed by atoms with E-state index >= 15 is 0 Å². The van der Waals surface area contributed by atoms with Gasteiger partial charge in [-0.25, -0.2) is 0 Å². The van der Waals surface area contributed by atoms with Gasteiger partial charge in [-0.15, -0.1) is 0 Å². The van der Waals surface area contributed by atoms with Gasteiger partial charge in [0.15, 0.2) is 0 Å². The molecule has 0 aromatic heterocycles. The topological polar surface area (TPSA) is 112 Å². The minimum absolute atomic E-state index is 0. The molecule has 0 atom stereocenters. The van der Waals surface area contributed by atoms with Crippen molar-refractivity contribution >= 4 is 172 Å². The van der Waals surface area contributed by atoms with E-state index in [2.05, 4.69) is 19.4 Å². The van der Waals surface area contributed by atoms with Crippen LogP contribution in [0.2, 0.25) is 0 Å². The maximum Gasteiger partial charge on any atom is 0.326 e. The summed E-state index contributed by atoms with van der Waals surface area (Å²) in [5, 5.41) is 1.15. The molecule has 119 valence electrons. The summed E-state index contributed by atoms with van der Waals surface area (Å²) in [5.41, 5.74) is 0. The number of hydroxylamine groups is 4. The molecule has 0 aromatic carbocycles. The van der Waals surface area contributed by atoms with Gasteiger partial charge in [-0.2, -0.15) is 0 Å². The van der Waals surface area contributed by atoms with Crippen molar-refractivity contribution in [2.75, 3.05) is 13.1 Å². The minimum Gasteiger partial charge on any atom is -0.333 e. The molecule has 0 bridgehead atoms. The molecule has 0 aliphatic carbocycles. The summed E-state index contributed by atoms with van der Waals surface area (Å²) in [5.74, 6) is -2.90. The fourth-order valence-corrected chi connectivity index (χ4v) is 0.957. The Balaban J connectivity index is -0.000000180. The van der Waals surface area contributed by atoms with Crippen molar-refractivity contribution in [2.24, 2.45) is 0 Å². The maximum absolute atomic E-state index is 10.8. The van der Waals surface area contributed by atoms with Crippen molar-refractivity contribution < 1.29 is 38.5 Å². The Morgan fingerprint density at radius 2 is 0.680 bits per heavy atom. The van der Waals surface area contributed by atoms with Crippen LogP contribution in [0.5, 0.6) is 0 Å². The van der Waals surface area contributed by atoms with Gasteiger partial charge in [0.25, 0.3) is 0 Å². The van der Waals surface area contributed by atoms with E-state index in [0.717, 1.165) is 27.7 Å². The molecule has 10 nitrogen and oxygen atoms in total. The average Bonchev–Trinajstić information content (AvgIpc) is 2.22. The zero-order valence-corrected chi connectivity index (χ0v) is 26.6. The van der Waals surface area contributed by atoms with E-state index in [4.69, 9.17) is 0 Å². The van der Waals surface area contributed by atoms with Gasteiger partial charge in [0, 0.05) is 186 Å². The molecule has 15 heteroatoms. The number of hydrogen-bond donors (Lipinski definition) is 0. The molecule has 0 saturated heterocycles. The van der Waals surface area contributed by atoms with Gasteiger partial charge in [-0.05, 0) is 0 Å². The summed E-state index contributed by atoms with van der Waals surface area (Å²) in [7, 11) is 0. The van der Waals surface area contributed by atoms with E-state index in [-0.39, 0.29) is 161 Å². The van der Waals surface area contributed by atoms with E-state index in [0.29, 0.717) is 10.5 Å². The predicted molar refractivity (Wildman–Crippen MR) is 89.2 cm³/mol. The van der Waals surface area contributed by atoms with Crippen molar-refractivity contribution in [3.05, 3.63) is 0 Å². The standard InChI is InChI=1S/C10H16N2O8.5Na/c1-7(13)17-11(18-8(2)14)5-6-12(19-9(3)15)20-10(4)16;;;;;/h5-6H2,1-4H3;;;;;. The van der Waals surface area contributed by atoms with Crippen LogP contribution in [0.15, 0.2) is 0 Å². The monoisotopic (exact) mass is 407 g/mol.